The van der Waals surface area contributed by atoms with Gasteiger partial charge in [-0.15, -0.1) is 0 Å². The zero-order chi connectivity index (χ0) is 10.8. The molecule has 0 fully saturated rings. The molecule has 78 valence electrons. The zero-order valence-electron chi connectivity index (χ0n) is 10.1. The lowest BCUT2D eigenvalue weighted by molar-refractivity contribution is 0.498. The Bertz CT molecular complexity index is 295. The van der Waals surface area contributed by atoms with Gasteiger partial charge in [-0.2, -0.15) is 0 Å². The fraction of sp³-hybridized carbons (Fsp3) is 0.571. The molecule has 0 amide bonds. The molecule has 1 rings (SSSR count). The van der Waals surface area contributed by atoms with Gasteiger partial charge in [-0.1, -0.05) is 58.9 Å². The molecule has 1 aromatic carbocycles. The highest BCUT2D eigenvalue weighted by Gasteiger charge is 2.21. The zero-order valence-corrected chi connectivity index (χ0v) is 10.1. The number of hydrogen-bond acceptors (Lipinski definition) is 0. The maximum absolute atomic E-state index is 2.33. The van der Waals surface area contributed by atoms with Gasteiger partial charge in [-0.05, 0) is 28.9 Å². The van der Waals surface area contributed by atoms with Crippen LogP contribution in [0.25, 0.3) is 0 Å². The molecular formula is C14H22. The highest BCUT2D eigenvalue weighted by Crippen LogP contribution is 2.32. The number of benzene rings is 1. The second-order valence-electron chi connectivity index (χ2n) is 4.98. The van der Waals surface area contributed by atoms with Gasteiger partial charge in [-0.3, -0.25) is 0 Å². The van der Waals surface area contributed by atoms with Gasteiger partial charge in [-0.25, -0.2) is 0 Å². The minimum atomic E-state index is 0.306. The van der Waals surface area contributed by atoms with Crippen LogP contribution in [-0.4, -0.2) is 0 Å². The van der Waals surface area contributed by atoms with Gasteiger partial charge in [0, 0.05) is 0 Å². The minimum absolute atomic E-state index is 0.306. The van der Waals surface area contributed by atoms with Gasteiger partial charge < -0.3 is 0 Å². The third-order valence-electron chi connectivity index (χ3n) is 3.20. The van der Waals surface area contributed by atoms with Crippen LogP contribution in [0.5, 0.6) is 0 Å². The first kappa shape index (κ1) is 11.3. The van der Waals surface area contributed by atoms with E-state index in [0.717, 1.165) is 0 Å². The summed E-state index contributed by atoms with van der Waals surface area (Å²) in [6.45, 7) is 11.5. The van der Waals surface area contributed by atoms with Gasteiger partial charge in [0.1, 0.15) is 0 Å². The molecule has 0 spiro atoms. The standard InChI is InChI=1S/C14H22/c1-6-14(4,5)13-10-8-7-9-12(13)11(2)3/h7-11H,6H2,1-5H3. The molecule has 1 aromatic rings. The predicted molar refractivity (Wildman–Crippen MR) is 63.8 cm³/mol. The highest BCUT2D eigenvalue weighted by atomic mass is 14.3. The van der Waals surface area contributed by atoms with Gasteiger partial charge in [0.25, 0.3) is 0 Å². The van der Waals surface area contributed by atoms with E-state index in [2.05, 4.69) is 58.9 Å². The van der Waals surface area contributed by atoms with Crippen molar-refractivity contribution < 1.29 is 0 Å². The molecule has 0 aromatic heterocycles. The number of rotatable bonds is 3. The first-order valence-electron chi connectivity index (χ1n) is 5.58. The Kier molecular flexibility index (Phi) is 3.36. The van der Waals surface area contributed by atoms with E-state index in [9.17, 15) is 0 Å². The van der Waals surface area contributed by atoms with Crippen LogP contribution >= 0.6 is 0 Å². The summed E-state index contributed by atoms with van der Waals surface area (Å²) in [5.41, 5.74) is 3.32. The molecule has 0 aliphatic carbocycles. The van der Waals surface area contributed by atoms with E-state index >= 15 is 0 Å². The third-order valence-corrected chi connectivity index (χ3v) is 3.20. The molecule has 0 N–H and O–H groups in total. The third kappa shape index (κ3) is 2.17. The van der Waals surface area contributed by atoms with Crippen LogP contribution < -0.4 is 0 Å². The lowest BCUT2D eigenvalue weighted by atomic mass is 9.77. The van der Waals surface area contributed by atoms with Gasteiger partial charge in [0.05, 0.1) is 0 Å². The SMILES string of the molecule is CCC(C)(C)c1ccccc1C(C)C. The Balaban J connectivity index is 3.20. The van der Waals surface area contributed by atoms with Crippen LogP contribution in [0.1, 0.15) is 58.1 Å². The quantitative estimate of drug-likeness (QED) is 0.658. The van der Waals surface area contributed by atoms with Crippen LogP contribution in [0.15, 0.2) is 24.3 Å². The molecule has 0 aliphatic heterocycles. The molecule has 14 heavy (non-hydrogen) atoms. The second kappa shape index (κ2) is 4.16. The van der Waals surface area contributed by atoms with Crippen LogP contribution in [0.2, 0.25) is 0 Å². The summed E-state index contributed by atoms with van der Waals surface area (Å²) >= 11 is 0. The normalized spacial score (nSPS) is 12.1. The molecule has 0 saturated carbocycles. The molecule has 0 heterocycles. The molecule has 0 unspecified atom stereocenters. The Morgan fingerprint density at radius 3 is 2.21 bits per heavy atom. The van der Waals surface area contributed by atoms with E-state index in [1.165, 1.54) is 17.5 Å². The highest BCUT2D eigenvalue weighted by molar-refractivity contribution is 5.35. The van der Waals surface area contributed by atoms with E-state index in [-0.39, 0.29) is 0 Å². The Morgan fingerprint density at radius 2 is 1.71 bits per heavy atom. The summed E-state index contributed by atoms with van der Waals surface area (Å²) in [6, 6.07) is 8.83. The van der Waals surface area contributed by atoms with Gasteiger partial charge in [0.15, 0.2) is 0 Å². The van der Waals surface area contributed by atoms with E-state index in [4.69, 9.17) is 0 Å². The average molecular weight is 190 g/mol. The second-order valence-corrected chi connectivity index (χ2v) is 4.98. The maximum atomic E-state index is 2.33. The van der Waals surface area contributed by atoms with Crippen molar-refractivity contribution in [3.8, 4) is 0 Å². The van der Waals surface area contributed by atoms with Gasteiger partial charge >= 0.3 is 0 Å². The van der Waals surface area contributed by atoms with Crippen molar-refractivity contribution in [2.24, 2.45) is 0 Å². The minimum Gasteiger partial charge on any atom is -0.0646 e. The maximum Gasteiger partial charge on any atom is -0.0103 e. The first-order valence-corrected chi connectivity index (χ1v) is 5.58. The Morgan fingerprint density at radius 1 is 1.14 bits per heavy atom. The molecule has 0 aliphatic rings. The van der Waals surface area contributed by atoms with Crippen molar-refractivity contribution >= 4 is 0 Å². The molecule has 0 bridgehead atoms. The fourth-order valence-corrected chi connectivity index (χ4v) is 1.81. The summed E-state index contributed by atoms with van der Waals surface area (Å²) in [7, 11) is 0. The van der Waals surface area contributed by atoms with Crippen LogP contribution in [0.3, 0.4) is 0 Å². The summed E-state index contributed by atoms with van der Waals surface area (Å²) in [5, 5.41) is 0. The van der Waals surface area contributed by atoms with Crippen molar-refractivity contribution in [3.63, 3.8) is 0 Å². The first-order chi connectivity index (χ1) is 6.49. The summed E-state index contributed by atoms with van der Waals surface area (Å²) in [5.74, 6) is 0.622. The molecule has 0 nitrogen and oxygen atoms in total. The largest absolute Gasteiger partial charge is 0.0646 e. The topological polar surface area (TPSA) is 0 Å². The van der Waals surface area contributed by atoms with E-state index in [1.54, 1.807) is 0 Å². The summed E-state index contributed by atoms with van der Waals surface area (Å²) in [4.78, 5) is 0. The predicted octanol–water partition coefficient (Wildman–Crippen LogP) is 4.50. The molecule has 0 radical (unpaired) electrons. The lowest BCUT2D eigenvalue weighted by Gasteiger charge is -2.27. The Hall–Kier alpha value is -0.780. The van der Waals surface area contributed by atoms with Crippen LogP contribution in [0.4, 0.5) is 0 Å². The van der Waals surface area contributed by atoms with Crippen molar-refractivity contribution in [1.29, 1.82) is 0 Å². The van der Waals surface area contributed by atoms with Gasteiger partial charge in [0.2, 0.25) is 0 Å². The van der Waals surface area contributed by atoms with Crippen molar-refractivity contribution in [1.82, 2.24) is 0 Å². The smallest absolute Gasteiger partial charge is 0.0103 e. The van der Waals surface area contributed by atoms with Crippen molar-refractivity contribution in [2.75, 3.05) is 0 Å². The monoisotopic (exact) mass is 190 g/mol. The van der Waals surface area contributed by atoms with E-state index < -0.39 is 0 Å². The number of hydrogen-bond donors (Lipinski definition) is 0. The molecule has 0 heteroatoms. The van der Waals surface area contributed by atoms with Crippen LogP contribution in [-0.2, 0) is 5.41 Å². The average Bonchev–Trinajstić information content (AvgIpc) is 2.18. The molecule has 0 saturated heterocycles. The molecule has 0 atom stereocenters. The summed E-state index contributed by atoms with van der Waals surface area (Å²) < 4.78 is 0. The van der Waals surface area contributed by atoms with E-state index in [0.29, 0.717) is 11.3 Å². The van der Waals surface area contributed by atoms with E-state index in [1.807, 2.05) is 0 Å². The fourth-order valence-electron chi connectivity index (χ4n) is 1.81. The lowest BCUT2D eigenvalue weighted by Crippen LogP contribution is -2.18. The van der Waals surface area contributed by atoms with Crippen molar-refractivity contribution in [3.05, 3.63) is 35.4 Å². The summed E-state index contributed by atoms with van der Waals surface area (Å²) in [6.07, 6.45) is 1.19. The molecular weight excluding hydrogens is 168 g/mol. The van der Waals surface area contributed by atoms with Crippen molar-refractivity contribution in [2.45, 2.75) is 52.4 Å². The Labute approximate surface area is 88.4 Å². The van der Waals surface area contributed by atoms with Crippen LogP contribution in [0, 0.1) is 0 Å².